The molecule has 1 aliphatic heterocycles. The summed E-state index contributed by atoms with van der Waals surface area (Å²) in [5, 5.41) is 21.5. The molecule has 0 radical (unpaired) electrons. The number of phenols is 1. The summed E-state index contributed by atoms with van der Waals surface area (Å²) in [6.07, 6.45) is 2.19. The maximum atomic E-state index is 12.9. The molecule has 11 heteroatoms. The van der Waals surface area contributed by atoms with Crippen molar-refractivity contribution in [1.82, 2.24) is 0 Å². The van der Waals surface area contributed by atoms with Crippen LogP contribution < -0.4 is 10.5 Å². The summed E-state index contributed by atoms with van der Waals surface area (Å²) in [7, 11) is -3.83. The lowest BCUT2D eigenvalue weighted by atomic mass is 10.1. The monoisotopic (exact) mass is 511 g/mol. The first-order valence-corrected chi connectivity index (χ1v) is 11.8. The van der Waals surface area contributed by atoms with Gasteiger partial charge in [-0.1, -0.05) is 11.2 Å². The number of hydrogen-bond donors (Lipinski definition) is 3. The highest BCUT2D eigenvalue weighted by molar-refractivity contribution is 9.10. The SMILES string of the molecule is NS(=O)(=O)c1ccc(NC(=O)/C(Cc2ccc(O)c(Br)c2)=N/OC2CCCCO2)cc1. The van der Waals surface area contributed by atoms with E-state index in [1.165, 1.54) is 30.3 Å². The van der Waals surface area contributed by atoms with Gasteiger partial charge in [-0.3, -0.25) is 4.79 Å². The first-order valence-electron chi connectivity index (χ1n) is 9.48. The molecule has 166 valence electrons. The summed E-state index contributed by atoms with van der Waals surface area (Å²) in [5.41, 5.74) is 1.17. The maximum absolute atomic E-state index is 12.9. The first-order chi connectivity index (χ1) is 14.7. The van der Waals surface area contributed by atoms with Gasteiger partial charge in [0, 0.05) is 18.5 Å². The van der Waals surface area contributed by atoms with Gasteiger partial charge in [-0.25, -0.2) is 13.6 Å². The van der Waals surface area contributed by atoms with Gasteiger partial charge in [0.05, 0.1) is 16.0 Å². The summed E-state index contributed by atoms with van der Waals surface area (Å²) in [4.78, 5) is 18.2. The van der Waals surface area contributed by atoms with Crippen LogP contribution in [0.15, 0.2) is 57.0 Å². The molecule has 2 aromatic rings. The number of hydrogen-bond acceptors (Lipinski definition) is 7. The molecular formula is C20H22BrN3O6S. The molecule has 1 heterocycles. The van der Waals surface area contributed by atoms with Crippen LogP contribution in [0.4, 0.5) is 5.69 Å². The van der Waals surface area contributed by atoms with Gasteiger partial charge in [-0.2, -0.15) is 0 Å². The standard InChI is InChI=1S/C20H22BrN3O6S/c21-16-11-13(4-9-18(16)25)12-17(24-30-19-3-1-2-10-29-19)20(26)23-14-5-7-15(8-6-14)31(22,27)28/h4-9,11,19,25H,1-3,10,12H2,(H,23,26)(H2,22,27,28)/b24-17+. The molecule has 1 amide bonds. The molecule has 3 rings (SSSR count). The maximum Gasteiger partial charge on any atom is 0.273 e. The fraction of sp³-hybridized carbons (Fsp3) is 0.300. The second kappa shape index (κ2) is 10.2. The van der Waals surface area contributed by atoms with Gasteiger partial charge in [0.15, 0.2) is 0 Å². The summed E-state index contributed by atoms with van der Waals surface area (Å²) in [6, 6.07) is 10.3. The van der Waals surface area contributed by atoms with Gasteiger partial charge in [-0.05, 0) is 70.7 Å². The number of anilines is 1. The number of nitrogens with two attached hydrogens (primary N) is 1. The number of carbonyl (C=O) groups is 1. The van der Waals surface area contributed by atoms with Crippen molar-refractivity contribution >= 4 is 43.3 Å². The quantitative estimate of drug-likeness (QED) is 0.385. The van der Waals surface area contributed by atoms with Gasteiger partial charge in [0.2, 0.25) is 16.3 Å². The third-order valence-corrected chi connectivity index (χ3v) is 6.07. The Bertz CT molecular complexity index is 1070. The molecule has 2 aromatic carbocycles. The van der Waals surface area contributed by atoms with Crippen LogP contribution in [0.25, 0.3) is 0 Å². The number of halogens is 1. The van der Waals surface area contributed by atoms with Crippen molar-refractivity contribution in [2.45, 2.75) is 36.9 Å². The van der Waals surface area contributed by atoms with Crippen LogP contribution in [-0.2, 0) is 30.8 Å². The van der Waals surface area contributed by atoms with Crippen molar-refractivity contribution in [3.8, 4) is 5.75 Å². The van der Waals surface area contributed by atoms with Crippen LogP contribution in [0.3, 0.4) is 0 Å². The number of nitrogens with one attached hydrogen (secondary N) is 1. The Balaban J connectivity index is 1.78. The number of primary sulfonamides is 1. The van der Waals surface area contributed by atoms with Crippen molar-refractivity contribution in [3.63, 3.8) is 0 Å². The highest BCUT2D eigenvalue weighted by Crippen LogP contribution is 2.25. The van der Waals surface area contributed by atoms with E-state index < -0.39 is 22.2 Å². The van der Waals surface area contributed by atoms with E-state index in [9.17, 15) is 18.3 Å². The Hall–Kier alpha value is -2.47. The van der Waals surface area contributed by atoms with Crippen molar-refractivity contribution in [2.24, 2.45) is 10.3 Å². The van der Waals surface area contributed by atoms with Crippen molar-refractivity contribution in [2.75, 3.05) is 11.9 Å². The lowest BCUT2D eigenvalue weighted by Gasteiger charge is -2.20. The molecule has 1 aliphatic rings. The molecule has 1 fully saturated rings. The van der Waals surface area contributed by atoms with Gasteiger partial charge in [-0.15, -0.1) is 0 Å². The average Bonchev–Trinajstić information content (AvgIpc) is 2.74. The number of rotatable bonds is 7. The van der Waals surface area contributed by atoms with Gasteiger partial charge in [0.25, 0.3) is 5.91 Å². The average molecular weight is 512 g/mol. The molecule has 0 spiro atoms. The fourth-order valence-corrected chi connectivity index (χ4v) is 3.80. The van der Waals surface area contributed by atoms with Gasteiger partial charge < -0.3 is 20.0 Å². The predicted octanol–water partition coefficient (Wildman–Crippen LogP) is 2.88. The molecule has 0 bridgehead atoms. The lowest BCUT2D eigenvalue weighted by Crippen LogP contribution is -2.27. The van der Waals surface area contributed by atoms with Crippen LogP contribution in [-0.4, -0.2) is 38.0 Å². The Morgan fingerprint density at radius 1 is 1.26 bits per heavy atom. The third-order valence-electron chi connectivity index (χ3n) is 4.50. The molecule has 1 atom stereocenters. The van der Waals surface area contributed by atoms with Crippen LogP contribution in [0.1, 0.15) is 24.8 Å². The van der Waals surface area contributed by atoms with Gasteiger partial charge >= 0.3 is 0 Å². The van der Waals surface area contributed by atoms with Crippen LogP contribution >= 0.6 is 15.9 Å². The van der Waals surface area contributed by atoms with E-state index >= 15 is 0 Å². The summed E-state index contributed by atoms with van der Waals surface area (Å²) in [6.45, 7) is 0.572. The molecule has 1 unspecified atom stereocenters. The van der Waals surface area contributed by atoms with Crippen LogP contribution in [0, 0.1) is 0 Å². The Labute approximate surface area is 188 Å². The summed E-state index contributed by atoms with van der Waals surface area (Å²) in [5.74, 6) is -0.447. The van der Waals surface area contributed by atoms with E-state index in [-0.39, 0.29) is 22.8 Å². The van der Waals surface area contributed by atoms with E-state index in [0.717, 1.165) is 18.4 Å². The van der Waals surface area contributed by atoms with Crippen LogP contribution in [0.2, 0.25) is 0 Å². The van der Waals surface area contributed by atoms with E-state index in [1.807, 2.05) is 0 Å². The molecule has 0 aromatic heterocycles. The van der Waals surface area contributed by atoms with Crippen LogP contribution in [0.5, 0.6) is 5.75 Å². The predicted molar refractivity (Wildman–Crippen MR) is 118 cm³/mol. The zero-order valence-corrected chi connectivity index (χ0v) is 18.9. The smallest absolute Gasteiger partial charge is 0.273 e. The molecule has 4 N–H and O–H groups in total. The number of oxime groups is 1. The number of ether oxygens (including phenoxy) is 1. The topological polar surface area (TPSA) is 140 Å². The number of sulfonamides is 1. The second-order valence-corrected chi connectivity index (χ2v) is 9.34. The highest BCUT2D eigenvalue weighted by atomic mass is 79.9. The minimum Gasteiger partial charge on any atom is -0.507 e. The van der Waals surface area contributed by atoms with Crippen molar-refractivity contribution in [1.29, 1.82) is 0 Å². The molecule has 31 heavy (non-hydrogen) atoms. The Kier molecular flexibility index (Phi) is 7.65. The minimum atomic E-state index is -3.83. The lowest BCUT2D eigenvalue weighted by molar-refractivity contribution is -0.162. The Morgan fingerprint density at radius 2 is 2.00 bits per heavy atom. The van der Waals surface area contributed by atoms with E-state index in [2.05, 4.69) is 26.4 Å². The summed E-state index contributed by atoms with van der Waals surface area (Å²) < 4.78 is 28.7. The number of amides is 1. The van der Waals surface area contributed by atoms with Crippen molar-refractivity contribution in [3.05, 3.63) is 52.5 Å². The fourth-order valence-electron chi connectivity index (χ4n) is 2.86. The minimum absolute atomic E-state index is 0.0638. The number of aromatic hydroxyl groups is 1. The van der Waals surface area contributed by atoms with E-state index in [4.69, 9.17) is 14.7 Å². The third kappa shape index (κ3) is 6.76. The molecule has 1 saturated heterocycles. The van der Waals surface area contributed by atoms with E-state index in [0.29, 0.717) is 23.2 Å². The first kappa shape index (κ1) is 23.2. The molecule has 0 saturated carbocycles. The zero-order valence-electron chi connectivity index (χ0n) is 16.5. The second-order valence-electron chi connectivity index (χ2n) is 6.93. The van der Waals surface area contributed by atoms with Gasteiger partial charge in [0.1, 0.15) is 11.5 Å². The highest BCUT2D eigenvalue weighted by Gasteiger charge is 2.19. The van der Waals surface area contributed by atoms with E-state index in [1.54, 1.807) is 12.1 Å². The number of carbonyl (C=O) groups excluding carboxylic acids is 1. The van der Waals surface area contributed by atoms with Crippen molar-refractivity contribution < 1.29 is 27.9 Å². The molecule has 9 nitrogen and oxygen atoms in total. The Morgan fingerprint density at radius 3 is 2.61 bits per heavy atom. The molecular weight excluding hydrogens is 490 g/mol. The normalized spacial score (nSPS) is 17.2. The summed E-state index contributed by atoms with van der Waals surface area (Å²) >= 11 is 3.25. The zero-order chi connectivity index (χ0) is 22.4. The largest absolute Gasteiger partial charge is 0.507 e. The number of phenolic OH excluding ortho intramolecular Hbond substituents is 1. The number of benzene rings is 2. The number of nitrogens with zero attached hydrogens (tertiary/aromatic N) is 1. The molecule has 0 aliphatic carbocycles.